The molecule has 0 aliphatic rings. The summed E-state index contributed by atoms with van der Waals surface area (Å²) in [6.45, 7) is 3.99. The summed E-state index contributed by atoms with van der Waals surface area (Å²) in [6, 6.07) is 15.9. The van der Waals surface area contributed by atoms with Crippen molar-refractivity contribution in [2.45, 2.75) is 13.8 Å². The maximum Gasteiger partial charge on any atom is 0.0576 e. The standard InChI is InChI=1S/C17H17ClN2/c1-13(10-15-6-4-3-5-7-15)12-19-20-16-9-8-14(2)17(18)11-16/h3-12,20H,1-2H3/b13-10+,19-12?. The number of benzene rings is 2. The van der Waals surface area contributed by atoms with Crippen molar-refractivity contribution < 1.29 is 0 Å². The number of halogens is 1. The molecule has 20 heavy (non-hydrogen) atoms. The van der Waals surface area contributed by atoms with Gasteiger partial charge in [-0.2, -0.15) is 5.10 Å². The summed E-state index contributed by atoms with van der Waals surface area (Å²) in [5, 5.41) is 4.94. The van der Waals surface area contributed by atoms with Gasteiger partial charge in [-0.1, -0.05) is 54.1 Å². The third-order valence-electron chi connectivity index (χ3n) is 2.83. The van der Waals surface area contributed by atoms with Crippen LogP contribution in [-0.4, -0.2) is 6.21 Å². The van der Waals surface area contributed by atoms with Gasteiger partial charge in [0.05, 0.1) is 11.9 Å². The lowest BCUT2D eigenvalue weighted by Crippen LogP contribution is -1.90. The number of anilines is 1. The van der Waals surface area contributed by atoms with Gasteiger partial charge in [-0.25, -0.2) is 0 Å². The molecule has 0 aliphatic carbocycles. The van der Waals surface area contributed by atoms with E-state index in [4.69, 9.17) is 11.6 Å². The molecule has 1 N–H and O–H groups in total. The van der Waals surface area contributed by atoms with Gasteiger partial charge >= 0.3 is 0 Å². The fourth-order valence-electron chi connectivity index (χ4n) is 1.72. The van der Waals surface area contributed by atoms with Gasteiger partial charge in [0.15, 0.2) is 0 Å². The Bertz CT molecular complexity index is 631. The summed E-state index contributed by atoms with van der Waals surface area (Å²) in [4.78, 5) is 0. The molecule has 0 aromatic heterocycles. The number of nitrogens with zero attached hydrogens (tertiary/aromatic N) is 1. The molecule has 102 valence electrons. The molecule has 2 aromatic rings. The molecule has 0 aliphatic heterocycles. The first-order valence-electron chi connectivity index (χ1n) is 6.44. The Morgan fingerprint density at radius 2 is 1.90 bits per heavy atom. The predicted octanol–water partition coefficient (Wildman–Crippen LogP) is 5.15. The van der Waals surface area contributed by atoms with E-state index in [0.29, 0.717) is 0 Å². The first-order valence-corrected chi connectivity index (χ1v) is 6.81. The molecule has 0 unspecified atom stereocenters. The molecule has 0 fully saturated rings. The van der Waals surface area contributed by atoms with Crippen LogP contribution >= 0.6 is 11.6 Å². The molecule has 2 rings (SSSR count). The van der Waals surface area contributed by atoms with Gasteiger partial charge in [-0.05, 0) is 42.7 Å². The van der Waals surface area contributed by atoms with Gasteiger partial charge in [0.1, 0.15) is 0 Å². The van der Waals surface area contributed by atoms with Crippen LogP contribution in [0.3, 0.4) is 0 Å². The smallest absolute Gasteiger partial charge is 0.0576 e. The number of rotatable bonds is 4. The SMILES string of the molecule is C/C(C=NNc1ccc(C)c(Cl)c1)=C\c1ccccc1. The highest BCUT2D eigenvalue weighted by Crippen LogP contribution is 2.19. The molecule has 2 aromatic carbocycles. The normalized spacial score (nSPS) is 11.8. The van der Waals surface area contributed by atoms with E-state index < -0.39 is 0 Å². The van der Waals surface area contributed by atoms with E-state index in [1.807, 2.05) is 50.2 Å². The van der Waals surface area contributed by atoms with Crippen molar-refractivity contribution in [2.75, 3.05) is 5.43 Å². The Kier molecular flexibility index (Phi) is 4.97. The van der Waals surface area contributed by atoms with E-state index in [2.05, 4.69) is 28.7 Å². The average Bonchev–Trinajstić information content (AvgIpc) is 2.44. The lowest BCUT2D eigenvalue weighted by Gasteiger charge is -2.02. The van der Waals surface area contributed by atoms with Gasteiger partial charge in [-0.15, -0.1) is 0 Å². The summed E-state index contributed by atoms with van der Waals surface area (Å²) < 4.78 is 0. The van der Waals surface area contributed by atoms with Crippen molar-refractivity contribution in [3.05, 3.63) is 70.3 Å². The summed E-state index contributed by atoms with van der Waals surface area (Å²) in [7, 11) is 0. The fraction of sp³-hybridized carbons (Fsp3) is 0.118. The number of aryl methyl sites for hydroxylation is 1. The van der Waals surface area contributed by atoms with Crippen LogP contribution in [0.15, 0.2) is 59.2 Å². The molecule has 0 radical (unpaired) electrons. The zero-order valence-electron chi connectivity index (χ0n) is 11.6. The van der Waals surface area contributed by atoms with Gasteiger partial charge in [0, 0.05) is 5.02 Å². The summed E-state index contributed by atoms with van der Waals surface area (Å²) in [6.07, 6.45) is 3.87. The number of allylic oxidation sites excluding steroid dienone is 1. The Morgan fingerprint density at radius 1 is 1.15 bits per heavy atom. The second kappa shape index (κ2) is 6.92. The Balaban J connectivity index is 1.99. The van der Waals surface area contributed by atoms with Crippen LogP contribution in [-0.2, 0) is 0 Å². The highest BCUT2D eigenvalue weighted by atomic mass is 35.5. The predicted molar refractivity (Wildman–Crippen MR) is 88.4 cm³/mol. The molecule has 3 heteroatoms. The number of hydrazone groups is 1. The van der Waals surface area contributed by atoms with Crippen LogP contribution in [0, 0.1) is 6.92 Å². The third kappa shape index (κ3) is 4.25. The Labute approximate surface area is 124 Å². The van der Waals surface area contributed by atoms with Gasteiger partial charge in [0.2, 0.25) is 0 Å². The first-order chi connectivity index (χ1) is 9.65. The van der Waals surface area contributed by atoms with E-state index in [9.17, 15) is 0 Å². The lowest BCUT2D eigenvalue weighted by atomic mass is 10.1. The van der Waals surface area contributed by atoms with E-state index in [0.717, 1.165) is 27.4 Å². The van der Waals surface area contributed by atoms with Gasteiger partial charge in [0.25, 0.3) is 0 Å². The molecule has 0 bridgehead atoms. The minimum absolute atomic E-state index is 0.738. The molecule has 0 heterocycles. The monoisotopic (exact) mass is 284 g/mol. The second-order valence-electron chi connectivity index (χ2n) is 4.63. The minimum Gasteiger partial charge on any atom is -0.278 e. The van der Waals surface area contributed by atoms with Crippen LogP contribution in [0.5, 0.6) is 0 Å². The summed E-state index contributed by atoms with van der Waals surface area (Å²) in [5.41, 5.74) is 7.14. The van der Waals surface area contributed by atoms with Crippen LogP contribution in [0.4, 0.5) is 5.69 Å². The van der Waals surface area contributed by atoms with Gasteiger partial charge in [-0.3, -0.25) is 5.43 Å². The highest BCUT2D eigenvalue weighted by Gasteiger charge is 1.95. The molecule has 0 spiro atoms. The zero-order valence-corrected chi connectivity index (χ0v) is 12.4. The Morgan fingerprint density at radius 3 is 2.60 bits per heavy atom. The lowest BCUT2D eigenvalue weighted by molar-refractivity contribution is 1.33. The molecule has 2 nitrogen and oxygen atoms in total. The van der Waals surface area contributed by atoms with Crippen molar-refractivity contribution in [1.29, 1.82) is 0 Å². The topological polar surface area (TPSA) is 24.4 Å². The van der Waals surface area contributed by atoms with E-state index in [-0.39, 0.29) is 0 Å². The highest BCUT2D eigenvalue weighted by molar-refractivity contribution is 6.31. The van der Waals surface area contributed by atoms with E-state index >= 15 is 0 Å². The molecule has 0 saturated carbocycles. The number of hydrogen-bond donors (Lipinski definition) is 1. The number of nitrogens with one attached hydrogen (secondary N) is 1. The fourth-order valence-corrected chi connectivity index (χ4v) is 1.90. The molecular formula is C17H17ClN2. The molecule has 0 amide bonds. The largest absolute Gasteiger partial charge is 0.278 e. The summed E-state index contributed by atoms with van der Waals surface area (Å²) >= 11 is 6.06. The number of hydrogen-bond acceptors (Lipinski definition) is 2. The molecule has 0 saturated heterocycles. The maximum atomic E-state index is 6.06. The van der Waals surface area contributed by atoms with Crippen molar-refractivity contribution in [2.24, 2.45) is 5.10 Å². The average molecular weight is 285 g/mol. The first kappa shape index (κ1) is 14.4. The van der Waals surface area contributed by atoms with E-state index in [1.54, 1.807) is 6.21 Å². The molecular weight excluding hydrogens is 268 g/mol. The van der Waals surface area contributed by atoms with Crippen molar-refractivity contribution in [3.8, 4) is 0 Å². The summed E-state index contributed by atoms with van der Waals surface area (Å²) in [5.74, 6) is 0. The van der Waals surface area contributed by atoms with Crippen LogP contribution in [0.1, 0.15) is 18.1 Å². The zero-order chi connectivity index (χ0) is 14.4. The van der Waals surface area contributed by atoms with Crippen LogP contribution in [0.2, 0.25) is 5.02 Å². The third-order valence-corrected chi connectivity index (χ3v) is 3.23. The van der Waals surface area contributed by atoms with Crippen molar-refractivity contribution in [3.63, 3.8) is 0 Å². The quantitative estimate of drug-likeness (QED) is 0.609. The Hall–Kier alpha value is -2.06. The van der Waals surface area contributed by atoms with Crippen LogP contribution in [0.25, 0.3) is 6.08 Å². The van der Waals surface area contributed by atoms with E-state index in [1.165, 1.54) is 0 Å². The second-order valence-corrected chi connectivity index (χ2v) is 5.04. The maximum absolute atomic E-state index is 6.06. The van der Waals surface area contributed by atoms with Crippen molar-refractivity contribution in [1.82, 2.24) is 0 Å². The van der Waals surface area contributed by atoms with Crippen LogP contribution < -0.4 is 5.43 Å². The molecule has 0 atom stereocenters. The minimum atomic E-state index is 0.738. The van der Waals surface area contributed by atoms with Crippen molar-refractivity contribution >= 4 is 29.6 Å². The van der Waals surface area contributed by atoms with Gasteiger partial charge < -0.3 is 0 Å².